The third kappa shape index (κ3) is 1.24. The normalized spacial score (nSPS) is 28.9. The summed E-state index contributed by atoms with van der Waals surface area (Å²) in [5.74, 6) is 0. The molecule has 1 aromatic rings. The van der Waals surface area contributed by atoms with E-state index in [1.54, 1.807) is 0 Å². The molecule has 0 aliphatic heterocycles. The van der Waals surface area contributed by atoms with Gasteiger partial charge in [-0.1, -0.05) is 48.0 Å². The minimum absolute atomic E-state index is 0.174. The average molecular weight is 254 g/mol. The summed E-state index contributed by atoms with van der Waals surface area (Å²) in [6, 6.07) is 8.48. The van der Waals surface area contributed by atoms with Gasteiger partial charge in [0.15, 0.2) is 0 Å². The molecule has 1 nitrogen and oxygen atoms in total. The van der Waals surface area contributed by atoms with Crippen LogP contribution in [0.5, 0.6) is 0 Å². The van der Waals surface area contributed by atoms with Gasteiger partial charge in [-0.3, -0.25) is 0 Å². The molecule has 76 valence electrons. The van der Waals surface area contributed by atoms with Gasteiger partial charge in [0, 0.05) is 4.47 Å². The summed E-state index contributed by atoms with van der Waals surface area (Å²) in [6.45, 7) is 4.62. The molecule has 0 radical (unpaired) electrons. The highest BCUT2D eigenvalue weighted by Crippen LogP contribution is 2.63. The van der Waals surface area contributed by atoms with Crippen molar-refractivity contribution < 1.29 is 0 Å². The summed E-state index contributed by atoms with van der Waals surface area (Å²) in [7, 11) is 2.05. The zero-order valence-corrected chi connectivity index (χ0v) is 10.5. The molecular formula is C12H16BrN. The maximum atomic E-state index is 3.62. The summed E-state index contributed by atoms with van der Waals surface area (Å²) in [5, 5.41) is 3.47. The Bertz CT molecular complexity index is 359. The highest BCUT2D eigenvalue weighted by atomic mass is 79.9. The number of nitrogens with one attached hydrogen (secondary N) is 1. The first-order chi connectivity index (χ1) is 6.53. The third-order valence-electron chi connectivity index (χ3n) is 3.50. The van der Waals surface area contributed by atoms with Crippen LogP contribution in [0.15, 0.2) is 28.7 Å². The molecule has 1 unspecified atom stereocenters. The van der Waals surface area contributed by atoms with Crippen molar-refractivity contribution in [3.63, 3.8) is 0 Å². The van der Waals surface area contributed by atoms with Gasteiger partial charge in [0.2, 0.25) is 0 Å². The van der Waals surface area contributed by atoms with Crippen LogP contribution in [0, 0.1) is 5.41 Å². The van der Waals surface area contributed by atoms with Crippen molar-refractivity contribution in [1.29, 1.82) is 0 Å². The molecule has 0 bridgehead atoms. The van der Waals surface area contributed by atoms with Crippen LogP contribution in [0.25, 0.3) is 0 Å². The van der Waals surface area contributed by atoms with Crippen LogP contribution in [0.1, 0.15) is 25.8 Å². The van der Waals surface area contributed by atoms with E-state index in [0.29, 0.717) is 5.41 Å². The van der Waals surface area contributed by atoms with Crippen molar-refractivity contribution in [1.82, 2.24) is 5.32 Å². The Morgan fingerprint density at radius 2 is 1.86 bits per heavy atom. The van der Waals surface area contributed by atoms with Gasteiger partial charge in [-0.2, -0.15) is 0 Å². The summed E-state index contributed by atoms with van der Waals surface area (Å²) in [4.78, 5) is 0. The second-order valence-electron chi connectivity index (χ2n) is 4.70. The first-order valence-electron chi connectivity index (χ1n) is 4.97. The summed E-state index contributed by atoms with van der Waals surface area (Å²) in [6.07, 6.45) is 1.21. The Hall–Kier alpha value is -0.340. The highest BCUT2D eigenvalue weighted by Gasteiger charge is 2.61. The van der Waals surface area contributed by atoms with Crippen molar-refractivity contribution in [2.24, 2.45) is 5.41 Å². The lowest BCUT2D eigenvalue weighted by Gasteiger charge is -2.21. The predicted octanol–water partition coefficient (Wildman–Crippen LogP) is 3.29. The fraction of sp³-hybridized carbons (Fsp3) is 0.500. The topological polar surface area (TPSA) is 12.0 Å². The molecule has 2 rings (SSSR count). The smallest absolute Gasteiger partial charge is 0.0501 e. The van der Waals surface area contributed by atoms with Crippen LogP contribution >= 0.6 is 15.9 Å². The van der Waals surface area contributed by atoms with Gasteiger partial charge in [0.05, 0.1) is 5.54 Å². The third-order valence-corrected chi connectivity index (χ3v) is 4.19. The van der Waals surface area contributed by atoms with Crippen LogP contribution in [0.4, 0.5) is 0 Å². The van der Waals surface area contributed by atoms with E-state index < -0.39 is 0 Å². The first-order valence-corrected chi connectivity index (χ1v) is 5.77. The molecule has 1 aliphatic carbocycles. The number of hydrogen-bond donors (Lipinski definition) is 1. The molecule has 1 aliphatic rings. The van der Waals surface area contributed by atoms with Crippen LogP contribution in [-0.2, 0) is 5.54 Å². The molecule has 0 saturated heterocycles. The van der Waals surface area contributed by atoms with E-state index >= 15 is 0 Å². The van der Waals surface area contributed by atoms with E-state index in [1.807, 2.05) is 7.05 Å². The van der Waals surface area contributed by atoms with Crippen LogP contribution in [-0.4, -0.2) is 7.05 Å². The fourth-order valence-electron chi connectivity index (χ4n) is 2.45. The Morgan fingerprint density at radius 3 is 2.29 bits per heavy atom. The molecule has 0 aromatic heterocycles. The number of rotatable bonds is 2. The fourth-order valence-corrected chi connectivity index (χ4v) is 3.07. The zero-order valence-electron chi connectivity index (χ0n) is 8.89. The van der Waals surface area contributed by atoms with Crippen molar-refractivity contribution in [3.05, 3.63) is 34.3 Å². The molecule has 1 aromatic carbocycles. The Balaban J connectivity index is 2.46. The summed E-state index contributed by atoms with van der Waals surface area (Å²) >= 11 is 3.62. The molecule has 2 heteroatoms. The van der Waals surface area contributed by atoms with E-state index in [1.165, 1.54) is 16.5 Å². The number of halogens is 1. The van der Waals surface area contributed by atoms with Gasteiger partial charge in [-0.25, -0.2) is 0 Å². The van der Waals surface area contributed by atoms with Crippen LogP contribution < -0.4 is 5.32 Å². The van der Waals surface area contributed by atoms with Crippen molar-refractivity contribution in [3.8, 4) is 0 Å². The van der Waals surface area contributed by atoms with Crippen molar-refractivity contribution >= 4 is 15.9 Å². The molecule has 1 N–H and O–H groups in total. The number of benzene rings is 1. The summed E-state index contributed by atoms with van der Waals surface area (Å²) in [5.41, 5.74) is 1.92. The Kier molecular flexibility index (Phi) is 2.24. The standard InChI is InChI=1S/C12H16BrN/c1-11(2)8-12(11,14-3)9-6-4-5-7-10(9)13/h4-7,14H,8H2,1-3H3. The molecule has 0 spiro atoms. The molecule has 1 atom stereocenters. The minimum Gasteiger partial charge on any atom is -0.310 e. The highest BCUT2D eigenvalue weighted by molar-refractivity contribution is 9.10. The lowest BCUT2D eigenvalue weighted by molar-refractivity contribution is 0.440. The monoisotopic (exact) mass is 253 g/mol. The lowest BCUT2D eigenvalue weighted by Crippen LogP contribution is -2.30. The second-order valence-corrected chi connectivity index (χ2v) is 5.55. The van der Waals surface area contributed by atoms with Gasteiger partial charge >= 0.3 is 0 Å². The van der Waals surface area contributed by atoms with Gasteiger partial charge in [0.25, 0.3) is 0 Å². The molecule has 0 amide bonds. The predicted molar refractivity (Wildman–Crippen MR) is 63.3 cm³/mol. The SMILES string of the molecule is CNC1(c2ccccc2Br)CC1(C)C. The van der Waals surface area contributed by atoms with Crippen LogP contribution in [0.2, 0.25) is 0 Å². The van der Waals surface area contributed by atoms with Crippen molar-refractivity contribution in [2.75, 3.05) is 7.05 Å². The van der Waals surface area contributed by atoms with Gasteiger partial charge < -0.3 is 5.32 Å². The van der Waals surface area contributed by atoms with Crippen LogP contribution in [0.3, 0.4) is 0 Å². The van der Waals surface area contributed by atoms with Crippen molar-refractivity contribution in [2.45, 2.75) is 25.8 Å². The first kappa shape index (κ1) is 10.2. The van der Waals surface area contributed by atoms with E-state index in [0.717, 1.165) is 0 Å². The zero-order chi connectivity index (χ0) is 10.4. The Morgan fingerprint density at radius 1 is 1.29 bits per heavy atom. The van der Waals surface area contributed by atoms with E-state index in [4.69, 9.17) is 0 Å². The average Bonchev–Trinajstić information content (AvgIpc) is 2.70. The van der Waals surface area contributed by atoms with E-state index in [2.05, 4.69) is 59.4 Å². The molecule has 1 fully saturated rings. The lowest BCUT2D eigenvalue weighted by atomic mass is 9.96. The molecule has 0 heterocycles. The van der Waals surface area contributed by atoms with Gasteiger partial charge in [-0.05, 0) is 30.5 Å². The quantitative estimate of drug-likeness (QED) is 0.853. The van der Waals surface area contributed by atoms with Gasteiger partial charge in [-0.15, -0.1) is 0 Å². The minimum atomic E-state index is 0.174. The summed E-state index contributed by atoms with van der Waals surface area (Å²) < 4.78 is 1.21. The maximum absolute atomic E-state index is 3.62. The molecular weight excluding hydrogens is 238 g/mol. The second kappa shape index (κ2) is 3.07. The van der Waals surface area contributed by atoms with Gasteiger partial charge in [0.1, 0.15) is 0 Å². The molecule has 14 heavy (non-hydrogen) atoms. The maximum Gasteiger partial charge on any atom is 0.0501 e. The van der Waals surface area contributed by atoms with E-state index in [9.17, 15) is 0 Å². The molecule has 1 saturated carbocycles. The number of hydrogen-bond acceptors (Lipinski definition) is 1. The Labute approximate surface area is 94.0 Å². The van der Waals surface area contributed by atoms with E-state index in [-0.39, 0.29) is 5.54 Å². The largest absolute Gasteiger partial charge is 0.310 e.